The van der Waals surface area contributed by atoms with E-state index in [4.69, 9.17) is 27.6 Å². The predicted molar refractivity (Wildman–Crippen MR) is 103 cm³/mol. The first-order valence-corrected chi connectivity index (χ1v) is 8.41. The van der Waals surface area contributed by atoms with E-state index in [9.17, 15) is 0 Å². The van der Waals surface area contributed by atoms with Gasteiger partial charge < -0.3 is 4.42 Å². The van der Waals surface area contributed by atoms with Crippen LogP contribution in [0.15, 0.2) is 65.1 Å². The molecule has 0 fully saturated rings. The molecule has 1 aromatic heterocycles. The topological polar surface area (TPSA) is 38.9 Å². The number of aromatic nitrogens is 2. The monoisotopic (exact) mass is 366 g/mol. The van der Waals surface area contributed by atoms with Crippen LogP contribution in [-0.4, -0.2) is 10.2 Å². The molecule has 0 spiro atoms. The van der Waals surface area contributed by atoms with Crippen LogP contribution in [-0.2, 0) is 0 Å². The van der Waals surface area contributed by atoms with Gasteiger partial charge in [-0.25, -0.2) is 0 Å². The Kier molecular flexibility index (Phi) is 4.26. The van der Waals surface area contributed by atoms with Crippen molar-refractivity contribution in [1.82, 2.24) is 10.2 Å². The lowest BCUT2D eigenvalue weighted by Crippen LogP contribution is -1.79. The number of fused-ring (bicyclic) bond motifs is 1. The van der Waals surface area contributed by atoms with Crippen LogP contribution >= 0.6 is 23.2 Å². The lowest BCUT2D eigenvalue weighted by atomic mass is 10.0. The van der Waals surface area contributed by atoms with Crippen molar-refractivity contribution in [3.8, 4) is 11.5 Å². The summed E-state index contributed by atoms with van der Waals surface area (Å²) in [5.74, 6) is 0.771. The minimum atomic E-state index is 0.360. The van der Waals surface area contributed by atoms with Crippen LogP contribution in [0.5, 0.6) is 0 Å². The standard InChI is InChI=1S/C20H12Cl2N2O/c21-15-9-10-17(18(22)12-15)20-24-23-19(25-20)11-8-14-6-3-5-13-4-1-2-7-16(13)14/h1-12H. The van der Waals surface area contributed by atoms with Crippen LogP contribution in [0.1, 0.15) is 11.5 Å². The molecule has 4 aromatic rings. The van der Waals surface area contributed by atoms with E-state index in [1.54, 1.807) is 24.3 Å². The number of halogens is 2. The van der Waals surface area contributed by atoms with Crippen LogP contribution < -0.4 is 0 Å². The zero-order valence-corrected chi connectivity index (χ0v) is 14.5. The molecule has 0 unspecified atom stereocenters. The molecule has 0 aliphatic heterocycles. The molecule has 0 radical (unpaired) electrons. The van der Waals surface area contributed by atoms with E-state index in [0.29, 0.717) is 27.4 Å². The third-order valence-electron chi connectivity index (χ3n) is 3.83. The maximum atomic E-state index is 6.18. The summed E-state index contributed by atoms with van der Waals surface area (Å²) in [7, 11) is 0. The Bertz CT molecular complexity index is 1080. The van der Waals surface area contributed by atoms with Gasteiger partial charge in [-0.3, -0.25) is 0 Å². The van der Waals surface area contributed by atoms with E-state index in [1.807, 2.05) is 30.3 Å². The molecule has 3 aromatic carbocycles. The molecule has 4 rings (SSSR count). The van der Waals surface area contributed by atoms with E-state index < -0.39 is 0 Å². The molecule has 0 amide bonds. The molecule has 0 aliphatic carbocycles. The largest absolute Gasteiger partial charge is 0.417 e. The molecule has 0 saturated carbocycles. The molecule has 1 heterocycles. The van der Waals surface area contributed by atoms with Crippen molar-refractivity contribution in [2.24, 2.45) is 0 Å². The van der Waals surface area contributed by atoms with Crippen molar-refractivity contribution >= 4 is 46.1 Å². The van der Waals surface area contributed by atoms with Gasteiger partial charge in [0.05, 0.1) is 10.6 Å². The van der Waals surface area contributed by atoms with Gasteiger partial charge in [-0.1, -0.05) is 65.7 Å². The average molecular weight is 367 g/mol. The average Bonchev–Trinajstić information content (AvgIpc) is 3.08. The summed E-state index contributed by atoms with van der Waals surface area (Å²) in [5.41, 5.74) is 1.74. The zero-order chi connectivity index (χ0) is 17.2. The lowest BCUT2D eigenvalue weighted by Gasteiger charge is -2.01. The Morgan fingerprint density at radius 1 is 0.840 bits per heavy atom. The Balaban J connectivity index is 1.65. The second-order valence-electron chi connectivity index (χ2n) is 5.47. The zero-order valence-electron chi connectivity index (χ0n) is 13.0. The van der Waals surface area contributed by atoms with Crippen molar-refractivity contribution in [3.05, 3.63) is 82.2 Å². The Morgan fingerprint density at radius 3 is 2.56 bits per heavy atom. The van der Waals surface area contributed by atoms with Crippen LogP contribution in [0.25, 0.3) is 34.4 Å². The van der Waals surface area contributed by atoms with Crippen LogP contribution in [0.3, 0.4) is 0 Å². The quantitative estimate of drug-likeness (QED) is 0.422. The van der Waals surface area contributed by atoms with E-state index in [0.717, 1.165) is 5.56 Å². The summed E-state index contributed by atoms with van der Waals surface area (Å²) >= 11 is 12.1. The first-order chi connectivity index (χ1) is 12.2. The molecule has 25 heavy (non-hydrogen) atoms. The molecule has 0 bridgehead atoms. The highest BCUT2D eigenvalue weighted by Gasteiger charge is 2.11. The Hall–Kier alpha value is -2.62. The van der Waals surface area contributed by atoms with Gasteiger partial charge in [0, 0.05) is 11.1 Å². The SMILES string of the molecule is Clc1ccc(-c2nnc(C=Cc3cccc4ccccc34)o2)c(Cl)c1. The Morgan fingerprint density at radius 2 is 1.68 bits per heavy atom. The van der Waals surface area contributed by atoms with E-state index in [-0.39, 0.29) is 0 Å². The number of hydrogen-bond acceptors (Lipinski definition) is 3. The van der Waals surface area contributed by atoms with E-state index in [1.165, 1.54) is 10.8 Å². The maximum Gasteiger partial charge on any atom is 0.249 e. The summed E-state index contributed by atoms with van der Waals surface area (Å²) in [4.78, 5) is 0. The highest BCUT2D eigenvalue weighted by Crippen LogP contribution is 2.29. The molecule has 0 aliphatic rings. The van der Waals surface area contributed by atoms with Gasteiger partial charge in [-0.05, 0) is 40.6 Å². The molecular formula is C20H12Cl2N2O. The highest BCUT2D eigenvalue weighted by atomic mass is 35.5. The van der Waals surface area contributed by atoms with Crippen molar-refractivity contribution in [1.29, 1.82) is 0 Å². The third kappa shape index (κ3) is 3.29. The second kappa shape index (κ2) is 6.71. The number of nitrogens with zero attached hydrogens (tertiary/aromatic N) is 2. The summed E-state index contributed by atoms with van der Waals surface area (Å²) in [5, 5.41) is 11.5. The van der Waals surface area contributed by atoms with Gasteiger partial charge in [-0.15, -0.1) is 10.2 Å². The second-order valence-corrected chi connectivity index (χ2v) is 6.31. The van der Waals surface area contributed by atoms with Crippen LogP contribution in [0.4, 0.5) is 0 Å². The van der Waals surface area contributed by atoms with Gasteiger partial charge in [0.15, 0.2) is 0 Å². The summed E-state index contributed by atoms with van der Waals surface area (Å²) in [6.45, 7) is 0. The van der Waals surface area contributed by atoms with Crippen molar-refractivity contribution < 1.29 is 4.42 Å². The highest BCUT2D eigenvalue weighted by molar-refractivity contribution is 6.36. The van der Waals surface area contributed by atoms with Crippen LogP contribution in [0, 0.1) is 0 Å². The van der Waals surface area contributed by atoms with Gasteiger partial charge in [0.1, 0.15) is 0 Å². The number of benzene rings is 3. The maximum absolute atomic E-state index is 6.18. The fourth-order valence-corrected chi connectivity index (χ4v) is 3.12. The molecule has 0 saturated heterocycles. The fourth-order valence-electron chi connectivity index (χ4n) is 2.63. The summed E-state index contributed by atoms with van der Waals surface area (Å²) in [6.07, 6.45) is 3.76. The number of hydrogen-bond donors (Lipinski definition) is 0. The fraction of sp³-hybridized carbons (Fsp3) is 0. The van der Waals surface area contributed by atoms with Gasteiger partial charge >= 0.3 is 0 Å². The van der Waals surface area contributed by atoms with Crippen molar-refractivity contribution in [2.75, 3.05) is 0 Å². The Labute approximate surface area is 154 Å². The smallest absolute Gasteiger partial charge is 0.249 e. The molecule has 0 N–H and O–H groups in total. The van der Waals surface area contributed by atoms with Crippen LogP contribution in [0.2, 0.25) is 10.0 Å². The molecule has 5 heteroatoms. The van der Waals surface area contributed by atoms with Crippen molar-refractivity contribution in [3.63, 3.8) is 0 Å². The molecule has 122 valence electrons. The lowest BCUT2D eigenvalue weighted by molar-refractivity contribution is 0.558. The third-order valence-corrected chi connectivity index (χ3v) is 4.38. The summed E-state index contributed by atoms with van der Waals surface area (Å²) in [6, 6.07) is 19.5. The van der Waals surface area contributed by atoms with E-state index >= 15 is 0 Å². The van der Waals surface area contributed by atoms with Crippen molar-refractivity contribution in [2.45, 2.75) is 0 Å². The summed E-state index contributed by atoms with van der Waals surface area (Å²) < 4.78 is 5.69. The normalized spacial score (nSPS) is 11.4. The van der Waals surface area contributed by atoms with Gasteiger partial charge in [0.25, 0.3) is 0 Å². The first-order valence-electron chi connectivity index (χ1n) is 7.65. The number of rotatable bonds is 3. The predicted octanol–water partition coefficient (Wildman–Crippen LogP) is 6.37. The molecular weight excluding hydrogens is 355 g/mol. The van der Waals surface area contributed by atoms with Gasteiger partial charge in [-0.2, -0.15) is 0 Å². The first kappa shape index (κ1) is 15.9. The minimum absolute atomic E-state index is 0.360. The van der Waals surface area contributed by atoms with Gasteiger partial charge in [0.2, 0.25) is 11.8 Å². The molecule has 3 nitrogen and oxygen atoms in total. The molecule has 0 atom stereocenters. The van der Waals surface area contributed by atoms with E-state index in [2.05, 4.69) is 28.4 Å². The minimum Gasteiger partial charge on any atom is -0.417 e.